The molecule has 1 saturated carbocycles. The normalized spacial score (nSPS) is 15.4. The van der Waals surface area contributed by atoms with Gasteiger partial charge in [0.1, 0.15) is 5.82 Å². The lowest BCUT2D eigenvalue weighted by Gasteiger charge is -2.24. The summed E-state index contributed by atoms with van der Waals surface area (Å²) in [6, 6.07) is 4.86. The number of carbonyl (C=O) groups excluding carboxylic acids is 1. The number of rotatable bonds is 4. The van der Waals surface area contributed by atoms with Gasteiger partial charge in [-0.05, 0) is 43.0 Å². The summed E-state index contributed by atoms with van der Waals surface area (Å²) >= 11 is 3.31. The highest BCUT2D eigenvalue weighted by atomic mass is 79.9. The van der Waals surface area contributed by atoms with E-state index in [0.29, 0.717) is 18.5 Å². The van der Waals surface area contributed by atoms with Gasteiger partial charge in [-0.2, -0.15) is 0 Å². The van der Waals surface area contributed by atoms with E-state index in [9.17, 15) is 9.18 Å². The number of halogens is 2. The van der Waals surface area contributed by atoms with Crippen molar-refractivity contribution in [1.82, 2.24) is 5.32 Å². The van der Waals surface area contributed by atoms with Crippen molar-refractivity contribution in [3.8, 4) is 0 Å². The van der Waals surface area contributed by atoms with E-state index in [2.05, 4.69) is 21.2 Å². The molecule has 1 aliphatic carbocycles. The lowest BCUT2D eigenvalue weighted by Crippen LogP contribution is -2.35. The Morgan fingerprint density at radius 3 is 2.88 bits per heavy atom. The van der Waals surface area contributed by atoms with Crippen LogP contribution in [-0.2, 0) is 11.2 Å². The average Bonchev–Trinajstić information content (AvgIpc) is 2.20. The Morgan fingerprint density at radius 1 is 1.47 bits per heavy atom. The van der Waals surface area contributed by atoms with Crippen LogP contribution in [0.4, 0.5) is 4.39 Å². The molecule has 0 spiro atoms. The van der Waals surface area contributed by atoms with E-state index in [4.69, 9.17) is 0 Å². The largest absolute Gasteiger partial charge is 0.356 e. The Hall–Kier alpha value is -0.900. The minimum Gasteiger partial charge on any atom is -0.356 e. The summed E-state index contributed by atoms with van der Waals surface area (Å²) in [5.74, 6) is 0.0973. The Bertz CT molecular complexity index is 418. The van der Waals surface area contributed by atoms with Gasteiger partial charge in [0, 0.05) is 16.9 Å². The molecule has 0 heterocycles. The number of benzene rings is 1. The minimum atomic E-state index is -0.217. The second-order valence-electron chi connectivity index (χ2n) is 4.40. The van der Waals surface area contributed by atoms with Gasteiger partial charge in [0.2, 0.25) is 5.91 Å². The van der Waals surface area contributed by atoms with Crippen LogP contribution in [0.15, 0.2) is 22.7 Å². The maximum absolute atomic E-state index is 13.4. The fourth-order valence-corrected chi connectivity index (χ4v) is 2.28. The summed E-state index contributed by atoms with van der Waals surface area (Å²) in [7, 11) is 0. The zero-order valence-electron chi connectivity index (χ0n) is 9.51. The number of carbonyl (C=O) groups is 1. The zero-order chi connectivity index (χ0) is 12.3. The SMILES string of the molecule is O=C(NCCc1cc(Br)ccc1F)C1CCC1. The third-order valence-corrected chi connectivity index (χ3v) is 3.67. The van der Waals surface area contributed by atoms with Crippen LogP contribution < -0.4 is 5.32 Å². The molecule has 1 aromatic carbocycles. The van der Waals surface area contributed by atoms with Gasteiger partial charge < -0.3 is 5.32 Å². The maximum atomic E-state index is 13.4. The Labute approximate surface area is 109 Å². The van der Waals surface area contributed by atoms with Gasteiger partial charge in [-0.25, -0.2) is 4.39 Å². The third-order valence-electron chi connectivity index (χ3n) is 3.18. The molecule has 0 saturated heterocycles. The summed E-state index contributed by atoms with van der Waals surface area (Å²) in [5.41, 5.74) is 0.633. The highest BCUT2D eigenvalue weighted by Gasteiger charge is 2.24. The highest BCUT2D eigenvalue weighted by Crippen LogP contribution is 2.26. The smallest absolute Gasteiger partial charge is 0.223 e. The van der Waals surface area contributed by atoms with Crippen LogP contribution in [0.25, 0.3) is 0 Å². The van der Waals surface area contributed by atoms with Crippen LogP contribution in [0, 0.1) is 11.7 Å². The van der Waals surface area contributed by atoms with Crippen molar-refractivity contribution in [3.05, 3.63) is 34.1 Å². The summed E-state index contributed by atoms with van der Waals surface area (Å²) in [4.78, 5) is 11.6. The zero-order valence-corrected chi connectivity index (χ0v) is 11.1. The predicted octanol–water partition coefficient (Wildman–Crippen LogP) is 3.05. The van der Waals surface area contributed by atoms with Crippen molar-refractivity contribution in [2.45, 2.75) is 25.7 Å². The minimum absolute atomic E-state index is 0.117. The molecule has 1 aromatic rings. The lowest BCUT2D eigenvalue weighted by molar-refractivity contribution is -0.127. The molecule has 0 aromatic heterocycles. The van der Waals surface area contributed by atoms with Crippen molar-refractivity contribution in [1.29, 1.82) is 0 Å². The van der Waals surface area contributed by atoms with E-state index in [1.807, 2.05) is 0 Å². The second-order valence-corrected chi connectivity index (χ2v) is 5.32. The third kappa shape index (κ3) is 3.28. The predicted molar refractivity (Wildman–Crippen MR) is 68.2 cm³/mol. The van der Waals surface area contributed by atoms with Crippen molar-refractivity contribution in [3.63, 3.8) is 0 Å². The molecule has 0 radical (unpaired) electrons. The molecule has 1 fully saturated rings. The monoisotopic (exact) mass is 299 g/mol. The summed E-state index contributed by atoms with van der Waals surface area (Å²) in [6.07, 6.45) is 3.68. The van der Waals surface area contributed by atoms with Gasteiger partial charge >= 0.3 is 0 Å². The van der Waals surface area contributed by atoms with Gasteiger partial charge in [0.05, 0.1) is 0 Å². The van der Waals surface area contributed by atoms with Crippen molar-refractivity contribution >= 4 is 21.8 Å². The Morgan fingerprint density at radius 2 is 2.24 bits per heavy atom. The van der Waals surface area contributed by atoms with E-state index in [-0.39, 0.29) is 17.6 Å². The molecule has 1 N–H and O–H groups in total. The van der Waals surface area contributed by atoms with Crippen molar-refractivity contribution < 1.29 is 9.18 Å². The summed E-state index contributed by atoms with van der Waals surface area (Å²) in [5, 5.41) is 2.86. The number of hydrogen-bond donors (Lipinski definition) is 1. The Kier molecular flexibility index (Phi) is 4.15. The molecule has 0 aliphatic heterocycles. The van der Waals surface area contributed by atoms with Gasteiger partial charge in [-0.1, -0.05) is 22.4 Å². The van der Waals surface area contributed by atoms with Gasteiger partial charge in [0.25, 0.3) is 0 Å². The molecule has 0 bridgehead atoms. The molecule has 2 nitrogen and oxygen atoms in total. The first-order chi connectivity index (χ1) is 8.16. The van der Waals surface area contributed by atoms with Crippen LogP contribution in [0.1, 0.15) is 24.8 Å². The fourth-order valence-electron chi connectivity index (χ4n) is 1.87. The van der Waals surface area contributed by atoms with Crippen molar-refractivity contribution in [2.24, 2.45) is 5.92 Å². The molecular weight excluding hydrogens is 285 g/mol. The van der Waals surface area contributed by atoms with Crippen LogP contribution in [-0.4, -0.2) is 12.5 Å². The number of nitrogens with one attached hydrogen (secondary N) is 1. The number of amides is 1. The van der Waals surface area contributed by atoms with E-state index in [0.717, 1.165) is 23.7 Å². The molecule has 4 heteroatoms. The molecular formula is C13H15BrFNO. The molecule has 1 amide bonds. The molecule has 0 unspecified atom stereocenters. The fraction of sp³-hybridized carbons (Fsp3) is 0.462. The molecule has 92 valence electrons. The van der Waals surface area contributed by atoms with E-state index >= 15 is 0 Å². The average molecular weight is 300 g/mol. The van der Waals surface area contributed by atoms with Crippen LogP contribution in [0.5, 0.6) is 0 Å². The topological polar surface area (TPSA) is 29.1 Å². The van der Waals surface area contributed by atoms with E-state index < -0.39 is 0 Å². The number of hydrogen-bond acceptors (Lipinski definition) is 1. The van der Waals surface area contributed by atoms with E-state index in [1.165, 1.54) is 6.07 Å². The lowest BCUT2D eigenvalue weighted by atomic mass is 9.85. The van der Waals surface area contributed by atoms with Gasteiger partial charge in [-0.15, -0.1) is 0 Å². The first kappa shape index (κ1) is 12.6. The van der Waals surface area contributed by atoms with Gasteiger partial charge in [-0.3, -0.25) is 4.79 Å². The maximum Gasteiger partial charge on any atom is 0.223 e. The first-order valence-corrected chi connectivity index (χ1v) is 6.68. The van der Waals surface area contributed by atoms with Crippen LogP contribution in [0.3, 0.4) is 0 Å². The standard InChI is InChI=1S/C13H15BrFNO/c14-11-4-5-12(15)10(8-11)6-7-16-13(17)9-2-1-3-9/h4-5,8-9H,1-3,6-7H2,(H,16,17). The quantitative estimate of drug-likeness (QED) is 0.910. The summed E-state index contributed by atoms with van der Waals surface area (Å²) in [6.45, 7) is 0.503. The van der Waals surface area contributed by atoms with Crippen LogP contribution >= 0.6 is 15.9 Å². The first-order valence-electron chi connectivity index (χ1n) is 5.88. The summed E-state index contributed by atoms with van der Waals surface area (Å²) < 4.78 is 14.3. The molecule has 17 heavy (non-hydrogen) atoms. The molecule has 0 atom stereocenters. The van der Waals surface area contributed by atoms with E-state index in [1.54, 1.807) is 12.1 Å². The van der Waals surface area contributed by atoms with Crippen molar-refractivity contribution in [2.75, 3.05) is 6.54 Å². The molecule has 1 aliphatic rings. The highest BCUT2D eigenvalue weighted by molar-refractivity contribution is 9.10. The Balaban J connectivity index is 1.81. The second kappa shape index (κ2) is 5.63. The van der Waals surface area contributed by atoms with Crippen LogP contribution in [0.2, 0.25) is 0 Å². The van der Waals surface area contributed by atoms with Gasteiger partial charge in [0.15, 0.2) is 0 Å². The molecule has 2 rings (SSSR count).